The fraction of sp³-hybridized carbons (Fsp3) is 0.222. The number of rotatable bonds is 6. The van der Waals surface area contributed by atoms with Crippen LogP contribution in [0.2, 0.25) is 0 Å². The lowest BCUT2D eigenvalue weighted by molar-refractivity contribution is 0.0526. The van der Waals surface area contributed by atoms with Crippen LogP contribution in [0.1, 0.15) is 34.6 Å². The van der Waals surface area contributed by atoms with Crippen LogP contribution in [-0.4, -0.2) is 25.0 Å². The lowest BCUT2D eigenvalue weighted by Gasteiger charge is -2.14. The summed E-state index contributed by atoms with van der Waals surface area (Å²) in [6.45, 7) is 4.70. The maximum Gasteiger partial charge on any atom is 0.338 e. The standard InChI is InChI=1S/C18H19BrN2O3/c1-3-20-15-10-9-12(18(23)24-4-2)11-16(15)21-17(22)13-7-5-6-8-14(13)19/h5-11,20H,3-4H2,1-2H3,(H,21,22). The molecule has 2 aromatic rings. The molecule has 0 aliphatic rings. The first-order valence-electron chi connectivity index (χ1n) is 7.67. The number of halogens is 1. The Bertz CT molecular complexity index is 747. The fourth-order valence-corrected chi connectivity index (χ4v) is 2.63. The summed E-state index contributed by atoms with van der Waals surface area (Å²) in [7, 11) is 0. The van der Waals surface area contributed by atoms with Gasteiger partial charge >= 0.3 is 5.97 Å². The van der Waals surface area contributed by atoms with Gasteiger partial charge in [0.15, 0.2) is 0 Å². The van der Waals surface area contributed by atoms with E-state index in [9.17, 15) is 9.59 Å². The summed E-state index contributed by atoms with van der Waals surface area (Å²) < 4.78 is 5.71. The zero-order chi connectivity index (χ0) is 17.5. The van der Waals surface area contributed by atoms with Crippen molar-refractivity contribution in [3.05, 3.63) is 58.1 Å². The lowest BCUT2D eigenvalue weighted by atomic mass is 10.1. The number of hydrogen-bond acceptors (Lipinski definition) is 4. The van der Waals surface area contributed by atoms with Crippen LogP contribution in [0.25, 0.3) is 0 Å². The van der Waals surface area contributed by atoms with Crippen LogP contribution in [-0.2, 0) is 4.74 Å². The number of esters is 1. The van der Waals surface area contributed by atoms with E-state index in [0.717, 1.165) is 5.69 Å². The molecule has 0 unspecified atom stereocenters. The van der Waals surface area contributed by atoms with E-state index >= 15 is 0 Å². The molecule has 2 N–H and O–H groups in total. The highest BCUT2D eigenvalue weighted by atomic mass is 79.9. The van der Waals surface area contributed by atoms with E-state index in [4.69, 9.17) is 4.74 Å². The van der Waals surface area contributed by atoms with Gasteiger partial charge in [0.1, 0.15) is 0 Å². The molecule has 0 heterocycles. The molecule has 5 nitrogen and oxygen atoms in total. The minimum Gasteiger partial charge on any atom is -0.462 e. The van der Waals surface area contributed by atoms with Gasteiger partial charge in [-0.2, -0.15) is 0 Å². The van der Waals surface area contributed by atoms with Gasteiger partial charge in [-0.05, 0) is 60.1 Å². The quantitative estimate of drug-likeness (QED) is 0.721. The Kier molecular flexibility index (Phi) is 6.37. The van der Waals surface area contributed by atoms with Gasteiger partial charge in [-0.1, -0.05) is 12.1 Å². The number of hydrogen-bond donors (Lipinski definition) is 2. The van der Waals surface area contributed by atoms with Crippen molar-refractivity contribution in [3.63, 3.8) is 0 Å². The molecule has 24 heavy (non-hydrogen) atoms. The van der Waals surface area contributed by atoms with Gasteiger partial charge in [-0.25, -0.2) is 4.79 Å². The molecular formula is C18H19BrN2O3. The van der Waals surface area contributed by atoms with Crippen molar-refractivity contribution in [2.75, 3.05) is 23.8 Å². The largest absolute Gasteiger partial charge is 0.462 e. The summed E-state index contributed by atoms with van der Waals surface area (Å²) in [5.41, 5.74) is 2.18. The zero-order valence-corrected chi connectivity index (χ0v) is 15.1. The van der Waals surface area contributed by atoms with E-state index < -0.39 is 5.97 Å². The summed E-state index contributed by atoms with van der Waals surface area (Å²) in [6, 6.07) is 12.2. The number of carbonyl (C=O) groups is 2. The molecule has 1 amide bonds. The average Bonchev–Trinajstić information content (AvgIpc) is 2.57. The van der Waals surface area contributed by atoms with Crippen molar-refractivity contribution in [2.24, 2.45) is 0 Å². The van der Waals surface area contributed by atoms with E-state index in [0.29, 0.717) is 34.4 Å². The van der Waals surface area contributed by atoms with E-state index in [1.165, 1.54) is 0 Å². The Morgan fingerprint density at radius 2 is 1.83 bits per heavy atom. The SMILES string of the molecule is CCNc1ccc(C(=O)OCC)cc1NC(=O)c1ccccc1Br. The van der Waals surface area contributed by atoms with Crippen LogP contribution in [0.15, 0.2) is 46.9 Å². The molecule has 126 valence electrons. The van der Waals surface area contributed by atoms with Crippen molar-refractivity contribution in [2.45, 2.75) is 13.8 Å². The van der Waals surface area contributed by atoms with Gasteiger partial charge in [-0.15, -0.1) is 0 Å². The van der Waals surface area contributed by atoms with Crippen molar-refractivity contribution >= 4 is 39.2 Å². The molecule has 0 atom stereocenters. The van der Waals surface area contributed by atoms with Crippen LogP contribution in [0.3, 0.4) is 0 Å². The monoisotopic (exact) mass is 390 g/mol. The van der Waals surface area contributed by atoms with E-state index in [2.05, 4.69) is 26.6 Å². The predicted molar refractivity (Wildman–Crippen MR) is 98.7 cm³/mol. The fourth-order valence-electron chi connectivity index (χ4n) is 2.17. The minimum absolute atomic E-state index is 0.261. The molecule has 0 spiro atoms. The van der Waals surface area contributed by atoms with Crippen molar-refractivity contribution < 1.29 is 14.3 Å². The number of anilines is 2. The molecule has 0 radical (unpaired) electrons. The summed E-state index contributed by atoms with van der Waals surface area (Å²) in [5, 5.41) is 6.02. The second-order valence-corrected chi connectivity index (χ2v) is 5.80. The highest BCUT2D eigenvalue weighted by molar-refractivity contribution is 9.10. The predicted octanol–water partition coefficient (Wildman–Crippen LogP) is 4.31. The molecule has 2 aromatic carbocycles. The molecule has 0 fully saturated rings. The van der Waals surface area contributed by atoms with Gasteiger partial charge in [0.2, 0.25) is 0 Å². The number of amides is 1. The first-order chi connectivity index (χ1) is 11.6. The Morgan fingerprint density at radius 1 is 1.08 bits per heavy atom. The summed E-state index contributed by atoms with van der Waals surface area (Å²) >= 11 is 3.37. The normalized spacial score (nSPS) is 10.1. The Hall–Kier alpha value is -2.34. The maximum absolute atomic E-state index is 12.5. The molecule has 0 bridgehead atoms. The second-order valence-electron chi connectivity index (χ2n) is 4.95. The van der Waals surface area contributed by atoms with E-state index in [1.54, 1.807) is 43.3 Å². The number of carbonyl (C=O) groups excluding carboxylic acids is 2. The van der Waals surface area contributed by atoms with Crippen molar-refractivity contribution in [1.82, 2.24) is 0 Å². The van der Waals surface area contributed by atoms with Crippen LogP contribution in [0.4, 0.5) is 11.4 Å². The Morgan fingerprint density at radius 3 is 2.50 bits per heavy atom. The first-order valence-corrected chi connectivity index (χ1v) is 8.47. The third-order valence-electron chi connectivity index (χ3n) is 3.26. The molecule has 0 aromatic heterocycles. The minimum atomic E-state index is -0.420. The summed E-state index contributed by atoms with van der Waals surface area (Å²) in [5.74, 6) is -0.681. The maximum atomic E-state index is 12.5. The molecule has 0 aliphatic heterocycles. The first kappa shape index (κ1) is 18.0. The van der Waals surface area contributed by atoms with Gasteiger partial charge in [0.25, 0.3) is 5.91 Å². The summed E-state index contributed by atoms with van der Waals surface area (Å²) in [6.07, 6.45) is 0. The van der Waals surface area contributed by atoms with Crippen LogP contribution in [0.5, 0.6) is 0 Å². The van der Waals surface area contributed by atoms with Crippen molar-refractivity contribution in [3.8, 4) is 0 Å². The van der Waals surface area contributed by atoms with Crippen LogP contribution >= 0.6 is 15.9 Å². The smallest absolute Gasteiger partial charge is 0.338 e. The van der Waals surface area contributed by atoms with Gasteiger partial charge in [0.05, 0.1) is 29.1 Å². The van der Waals surface area contributed by atoms with Gasteiger partial charge < -0.3 is 15.4 Å². The van der Waals surface area contributed by atoms with E-state index in [-0.39, 0.29) is 5.91 Å². The van der Waals surface area contributed by atoms with Crippen molar-refractivity contribution in [1.29, 1.82) is 0 Å². The molecule has 6 heteroatoms. The molecule has 0 saturated heterocycles. The van der Waals surface area contributed by atoms with Crippen LogP contribution < -0.4 is 10.6 Å². The van der Waals surface area contributed by atoms with Crippen LogP contribution in [0, 0.1) is 0 Å². The number of ether oxygens (including phenoxy) is 1. The van der Waals surface area contributed by atoms with E-state index in [1.807, 2.05) is 13.0 Å². The third-order valence-corrected chi connectivity index (χ3v) is 3.96. The van der Waals surface area contributed by atoms with Gasteiger partial charge in [-0.3, -0.25) is 4.79 Å². The second kappa shape index (κ2) is 8.49. The Balaban J connectivity index is 2.32. The topological polar surface area (TPSA) is 67.4 Å². The van der Waals surface area contributed by atoms with Gasteiger partial charge in [0, 0.05) is 11.0 Å². The molecule has 0 saturated carbocycles. The highest BCUT2D eigenvalue weighted by Crippen LogP contribution is 2.25. The number of nitrogens with one attached hydrogen (secondary N) is 2. The third kappa shape index (κ3) is 4.35. The molecular weight excluding hydrogens is 372 g/mol. The zero-order valence-electron chi connectivity index (χ0n) is 13.6. The number of benzene rings is 2. The lowest BCUT2D eigenvalue weighted by Crippen LogP contribution is -2.15. The Labute approximate surface area is 149 Å². The molecule has 2 rings (SSSR count). The summed E-state index contributed by atoms with van der Waals surface area (Å²) in [4.78, 5) is 24.4. The highest BCUT2D eigenvalue weighted by Gasteiger charge is 2.14. The average molecular weight is 391 g/mol. The molecule has 0 aliphatic carbocycles.